The molecule has 26 heavy (non-hydrogen) atoms. The minimum Gasteiger partial charge on any atom is -0.480 e. The lowest BCUT2D eigenvalue weighted by Crippen LogP contribution is -2.53. The summed E-state index contributed by atoms with van der Waals surface area (Å²) in [4.78, 5) is 26.1. The van der Waals surface area contributed by atoms with Gasteiger partial charge in [-0.25, -0.2) is 0 Å². The quantitative estimate of drug-likeness (QED) is 0.587. The van der Waals surface area contributed by atoms with Crippen LogP contribution in [0.2, 0.25) is 0 Å². The fraction of sp³-hybridized carbons (Fsp3) is 0.800. The van der Waals surface area contributed by atoms with E-state index >= 15 is 0 Å². The van der Waals surface area contributed by atoms with Gasteiger partial charge in [0.05, 0.1) is 12.0 Å². The van der Waals surface area contributed by atoms with Gasteiger partial charge in [-0.3, -0.25) is 14.5 Å². The summed E-state index contributed by atoms with van der Waals surface area (Å²) in [5.41, 5.74) is 0.970. The number of carboxylic acid groups (broad SMARTS) is 1. The van der Waals surface area contributed by atoms with Crippen LogP contribution in [0.5, 0.6) is 0 Å². The number of ether oxygens (including phenoxy) is 1. The first-order chi connectivity index (χ1) is 12.3. The molecule has 0 spiro atoms. The third-order valence-electron chi connectivity index (χ3n) is 7.54. The number of aliphatic carboxylic acids is 1. The molecule has 6 nitrogen and oxygen atoms in total. The van der Waals surface area contributed by atoms with Crippen molar-refractivity contribution in [1.82, 2.24) is 4.90 Å². The molecule has 2 aliphatic heterocycles. The molecular weight excluding hydrogens is 334 g/mol. The number of esters is 1. The standard InChI is InChI=1S/C20H29NO5/c1-11-5-6-15(22)20(2)8-7-12-13(19(25)26-17(12)16(11)20)10-21-9-3-4-14(21)18(23)24/h5,12-17,22H,3-4,6-10H2,1-2H3,(H,23,24). The van der Waals surface area contributed by atoms with E-state index in [9.17, 15) is 19.8 Å². The van der Waals surface area contributed by atoms with Crippen LogP contribution in [0.3, 0.4) is 0 Å². The van der Waals surface area contributed by atoms with Gasteiger partial charge in [-0.05, 0) is 45.6 Å². The average Bonchev–Trinajstić information content (AvgIpc) is 3.16. The number of carboxylic acids is 1. The molecule has 1 saturated carbocycles. The van der Waals surface area contributed by atoms with Gasteiger partial charge in [-0.1, -0.05) is 18.6 Å². The highest BCUT2D eigenvalue weighted by atomic mass is 16.6. The van der Waals surface area contributed by atoms with Gasteiger partial charge in [0.1, 0.15) is 12.1 Å². The van der Waals surface area contributed by atoms with Crippen molar-refractivity contribution in [1.29, 1.82) is 0 Å². The van der Waals surface area contributed by atoms with Crippen LogP contribution in [0.15, 0.2) is 11.6 Å². The maximum absolute atomic E-state index is 12.7. The second-order valence-corrected chi connectivity index (χ2v) is 8.88. The van der Waals surface area contributed by atoms with Crippen LogP contribution in [0, 0.1) is 23.2 Å². The van der Waals surface area contributed by atoms with Crippen LogP contribution in [-0.4, -0.2) is 58.4 Å². The van der Waals surface area contributed by atoms with Gasteiger partial charge in [0.15, 0.2) is 0 Å². The lowest BCUT2D eigenvalue weighted by Gasteiger charge is -2.51. The Morgan fingerprint density at radius 1 is 1.42 bits per heavy atom. The smallest absolute Gasteiger partial charge is 0.320 e. The summed E-state index contributed by atoms with van der Waals surface area (Å²) < 4.78 is 5.87. The second kappa shape index (κ2) is 6.34. The Morgan fingerprint density at radius 3 is 2.92 bits per heavy atom. The molecule has 7 unspecified atom stereocenters. The Hall–Kier alpha value is -1.40. The van der Waals surface area contributed by atoms with E-state index in [4.69, 9.17) is 4.74 Å². The zero-order valence-electron chi connectivity index (χ0n) is 15.6. The molecule has 0 amide bonds. The zero-order valence-corrected chi connectivity index (χ0v) is 15.6. The number of carbonyl (C=O) groups is 2. The summed E-state index contributed by atoms with van der Waals surface area (Å²) in [5.74, 6) is -1.06. The molecule has 2 aliphatic carbocycles. The topological polar surface area (TPSA) is 87.1 Å². The first kappa shape index (κ1) is 18.0. The average molecular weight is 363 g/mol. The van der Waals surface area contributed by atoms with Gasteiger partial charge < -0.3 is 14.9 Å². The number of rotatable bonds is 3. The lowest BCUT2D eigenvalue weighted by molar-refractivity contribution is -0.152. The molecule has 0 aromatic rings. The zero-order chi connectivity index (χ0) is 18.6. The largest absolute Gasteiger partial charge is 0.480 e. The van der Waals surface area contributed by atoms with Crippen molar-refractivity contribution in [2.45, 2.75) is 64.2 Å². The molecule has 0 radical (unpaired) electrons. The third kappa shape index (κ3) is 2.61. The highest BCUT2D eigenvalue weighted by Crippen LogP contribution is 2.56. The number of likely N-dealkylation sites (tertiary alicyclic amines) is 1. The normalized spacial score (nSPS) is 45.7. The van der Waals surface area contributed by atoms with Gasteiger partial charge in [-0.2, -0.15) is 0 Å². The summed E-state index contributed by atoms with van der Waals surface area (Å²) in [6, 6.07) is -0.478. The van der Waals surface area contributed by atoms with E-state index in [1.165, 1.54) is 5.57 Å². The molecule has 4 aliphatic rings. The predicted octanol–water partition coefficient (Wildman–Crippen LogP) is 1.82. The molecule has 144 valence electrons. The molecule has 2 saturated heterocycles. The van der Waals surface area contributed by atoms with Crippen molar-refractivity contribution in [3.05, 3.63) is 11.6 Å². The van der Waals surface area contributed by atoms with E-state index in [-0.39, 0.29) is 35.2 Å². The number of aliphatic hydroxyl groups excluding tert-OH is 1. The van der Waals surface area contributed by atoms with E-state index < -0.39 is 18.1 Å². The van der Waals surface area contributed by atoms with Crippen molar-refractivity contribution in [3.8, 4) is 0 Å². The molecule has 0 aromatic heterocycles. The van der Waals surface area contributed by atoms with Crippen molar-refractivity contribution in [3.63, 3.8) is 0 Å². The van der Waals surface area contributed by atoms with Gasteiger partial charge in [-0.15, -0.1) is 0 Å². The van der Waals surface area contributed by atoms with E-state index in [0.29, 0.717) is 19.4 Å². The number of hydrogen-bond donors (Lipinski definition) is 2. The fourth-order valence-corrected chi connectivity index (χ4v) is 6.04. The Kier molecular flexibility index (Phi) is 4.39. The summed E-state index contributed by atoms with van der Waals surface area (Å²) in [7, 11) is 0. The third-order valence-corrected chi connectivity index (χ3v) is 7.54. The molecule has 6 heteroatoms. The molecule has 7 atom stereocenters. The van der Waals surface area contributed by atoms with Gasteiger partial charge in [0.2, 0.25) is 0 Å². The van der Waals surface area contributed by atoms with Crippen LogP contribution in [0.1, 0.15) is 46.0 Å². The van der Waals surface area contributed by atoms with Crippen LogP contribution in [0.4, 0.5) is 0 Å². The molecule has 0 aromatic carbocycles. The highest BCUT2D eigenvalue weighted by molar-refractivity contribution is 5.77. The SMILES string of the molecule is CC1=CCC(O)C2(C)CCC3C(CN4CCCC4C(=O)O)C(=O)OC3C12. The van der Waals surface area contributed by atoms with Crippen molar-refractivity contribution >= 4 is 11.9 Å². The van der Waals surface area contributed by atoms with Gasteiger partial charge in [0, 0.05) is 23.8 Å². The Bertz CT molecular complexity index is 646. The fourth-order valence-electron chi connectivity index (χ4n) is 6.04. The number of carbonyl (C=O) groups excluding carboxylic acids is 1. The molecule has 3 fully saturated rings. The van der Waals surface area contributed by atoms with Crippen LogP contribution >= 0.6 is 0 Å². The maximum Gasteiger partial charge on any atom is 0.320 e. The van der Waals surface area contributed by atoms with Crippen LogP contribution in [-0.2, 0) is 14.3 Å². The summed E-state index contributed by atoms with van der Waals surface area (Å²) >= 11 is 0. The number of aliphatic hydroxyl groups is 1. The number of nitrogens with zero attached hydrogens (tertiary/aromatic N) is 1. The molecule has 0 bridgehead atoms. The van der Waals surface area contributed by atoms with E-state index in [1.54, 1.807) is 0 Å². The summed E-state index contributed by atoms with van der Waals surface area (Å²) in [6.45, 7) is 5.42. The predicted molar refractivity (Wildman–Crippen MR) is 94.3 cm³/mol. The highest BCUT2D eigenvalue weighted by Gasteiger charge is 2.59. The lowest BCUT2D eigenvalue weighted by atomic mass is 9.55. The monoisotopic (exact) mass is 363 g/mol. The first-order valence-electron chi connectivity index (χ1n) is 9.85. The van der Waals surface area contributed by atoms with E-state index in [0.717, 1.165) is 25.8 Å². The Balaban J connectivity index is 1.56. The number of fused-ring (bicyclic) bond motifs is 3. The Labute approximate surface area is 154 Å². The summed E-state index contributed by atoms with van der Waals surface area (Å²) in [6.07, 6.45) is 5.41. The first-order valence-corrected chi connectivity index (χ1v) is 9.85. The summed E-state index contributed by atoms with van der Waals surface area (Å²) in [5, 5.41) is 20.0. The molecule has 2 heterocycles. The van der Waals surface area contributed by atoms with E-state index in [1.807, 2.05) is 4.90 Å². The second-order valence-electron chi connectivity index (χ2n) is 8.88. The number of hydrogen-bond acceptors (Lipinski definition) is 5. The van der Waals surface area contributed by atoms with Crippen molar-refractivity contribution < 1.29 is 24.5 Å². The minimum absolute atomic E-state index is 0.0628. The molecule has 4 rings (SSSR count). The van der Waals surface area contributed by atoms with Gasteiger partial charge in [0.25, 0.3) is 0 Å². The van der Waals surface area contributed by atoms with Crippen LogP contribution in [0.25, 0.3) is 0 Å². The maximum atomic E-state index is 12.7. The molecule has 2 N–H and O–H groups in total. The van der Waals surface area contributed by atoms with Gasteiger partial charge >= 0.3 is 11.9 Å². The molecular formula is C20H29NO5. The van der Waals surface area contributed by atoms with Crippen LogP contribution < -0.4 is 0 Å². The van der Waals surface area contributed by atoms with Crippen molar-refractivity contribution in [2.75, 3.05) is 13.1 Å². The van der Waals surface area contributed by atoms with Crippen molar-refractivity contribution in [2.24, 2.45) is 23.2 Å². The Morgan fingerprint density at radius 2 is 2.19 bits per heavy atom. The van der Waals surface area contributed by atoms with E-state index in [2.05, 4.69) is 19.9 Å². The minimum atomic E-state index is -0.796.